The van der Waals surface area contributed by atoms with Crippen LogP contribution in [0.1, 0.15) is 5.56 Å². The van der Waals surface area contributed by atoms with Gasteiger partial charge in [-0.3, -0.25) is 10.1 Å². The van der Waals surface area contributed by atoms with Gasteiger partial charge in [0.25, 0.3) is 0 Å². The average Bonchev–Trinajstić information content (AvgIpc) is 3.02. The van der Waals surface area contributed by atoms with Gasteiger partial charge >= 0.3 is 0 Å². The summed E-state index contributed by atoms with van der Waals surface area (Å²) in [5.74, 6) is 0.130. The molecule has 0 aliphatic heterocycles. The molecule has 4 aromatic rings. The van der Waals surface area contributed by atoms with Crippen LogP contribution in [-0.4, -0.2) is 25.5 Å². The summed E-state index contributed by atoms with van der Waals surface area (Å²) in [6.45, 7) is 0. The number of pyridine rings is 1. The highest BCUT2D eigenvalue weighted by Gasteiger charge is 2.10. The summed E-state index contributed by atoms with van der Waals surface area (Å²) in [4.78, 5) is 4.21. The molecular weight excluding hydrogens is 292 g/mol. The van der Waals surface area contributed by atoms with Gasteiger partial charge < -0.3 is 10.4 Å². The molecule has 0 atom stereocenters. The third-order valence-electron chi connectivity index (χ3n) is 3.57. The van der Waals surface area contributed by atoms with Crippen molar-refractivity contribution in [3.8, 4) is 11.8 Å². The third-order valence-corrected chi connectivity index (χ3v) is 3.57. The quantitative estimate of drug-likeness (QED) is 0.525. The average molecular weight is 302 g/mol. The van der Waals surface area contributed by atoms with Gasteiger partial charge in [0.05, 0.1) is 22.3 Å². The number of rotatable bonds is 2. The van der Waals surface area contributed by atoms with E-state index in [1.54, 1.807) is 18.2 Å². The van der Waals surface area contributed by atoms with Gasteiger partial charge in [-0.1, -0.05) is 5.21 Å². The number of fused-ring (bicyclic) bond motifs is 2. The number of nitrogens with one attached hydrogen (secondary N) is 2. The molecule has 0 spiro atoms. The van der Waals surface area contributed by atoms with E-state index in [1.807, 2.05) is 18.2 Å². The molecule has 7 nitrogen and oxygen atoms in total. The van der Waals surface area contributed by atoms with Gasteiger partial charge in [0.15, 0.2) is 0 Å². The maximum atomic E-state index is 9.59. The number of phenols is 1. The van der Waals surface area contributed by atoms with E-state index in [0.29, 0.717) is 16.8 Å². The number of aromatic amines is 1. The second-order valence-electron chi connectivity index (χ2n) is 5.03. The zero-order valence-electron chi connectivity index (χ0n) is 11.8. The van der Waals surface area contributed by atoms with Gasteiger partial charge in [0.1, 0.15) is 17.3 Å². The van der Waals surface area contributed by atoms with Crippen molar-refractivity contribution >= 4 is 33.3 Å². The van der Waals surface area contributed by atoms with Crippen molar-refractivity contribution in [1.29, 1.82) is 5.26 Å². The number of phenolic OH excluding ortho intramolecular Hbond substituents is 1. The van der Waals surface area contributed by atoms with Crippen LogP contribution in [0.25, 0.3) is 21.9 Å². The minimum Gasteiger partial charge on any atom is -0.508 e. The van der Waals surface area contributed by atoms with Crippen molar-refractivity contribution in [2.45, 2.75) is 0 Å². The molecule has 0 aliphatic carbocycles. The summed E-state index contributed by atoms with van der Waals surface area (Å²) in [6, 6.07) is 12.6. The van der Waals surface area contributed by atoms with Gasteiger partial charge in [-0.05, 0) is 30.3 Å². The van der Waals surface area contributed by atoms with Crippen LogP contribution in [0.5, 0.6) is 5.75 Å². The van der Waals surface area contributed by atoms with E-state index in [-0.39, 0.29) is 5.75 Å². The maximum absolute atomic E-state index is 9.59. The summed E-state index contributed by atoms with van der Waals surface area (Å²) in [5, 5.41) is 33.4. The van der Waals surface area contributed by atoms with Crippen LogP contribution >= 0.6 is 0 Å². The molecule has 0 saturated heterocycles. The van der Waals surface area contributed by atoms with Crippen LogP contribution in [0.3, 0.4) is 0 Å². The monoisotopic (exact) mass is 302 g/mol. The lowest BCUT2D eigenvalue weighted by molar-refractivity contribution is 0.476. The van der Waals surface area contributed by atoms with Crippen LogP contribution in [0.15, 0.2) is 42.6 Å². The Kier molecular flexibility index (Phi) is 2.81. The number of hydrogen-bond donors (Lipinski definition) is 3. The lowest BCUT2D eigenvalue weighted by atomic mass is 10.1. The standard InChI is InChI=1S/C16H10N6O/c17-7-9-8-18-14-6-11(23)2-3-12(14)16(9)19-10-1-4-13-15(5-10)21-22-20-13/h1-6,8,23H,(H,18,19)(H,20,21,22). The number of nitrogens with zero attached hydrogens (tertiary/aromatic N) is 4. The smallest absolute Gasteiger partial charge is 0.117 e. The largest absolute Gasteiger partial charge is 0.508 e. The minimum atomic E-state index is 0.130. The first-order chi connectivity index (χ1) is 11.2. The Morgan fingerprint density at radius 1 is 1.13 bits per heavy atom. The number of aromatic hydroxyl groups is 1. The van der Waals surface area contributed by atoms with E-state index in [1.165, 1.54) is 6.20 Å². The summed E-state index contributed by atoms with van der Waals surface area (Å²) < 4.78 is 0. The normalized spacial score (nSPS) is 10.7. The van der Waals surface area contributed by atoms with Crippen molar-refractivity contribution in [2.75, 3.05) is 5.32 Å². The van der Waals surface area contributed by atoms with Gasteiger partial charge in [-0.15, -0.1) is 5.10 Å². The Bertz CT molecular complexity index is 1080. The van der Waals surface area contributed by atoms with Gasteiger partial charge in [-0.2, -0.15) is 5.26 Å². The highest BCUT2D eigenvalue weighted by Crippen LogP contribution is 2.31. The molecule has 0 amide bonds. The van der Waals surface area contributed by atoms with Gasteiger partial charge in [0, 0.05) is 23.3 Å². The zero-order valence-corrected chi connectivity index (χ0v) is 11.8. The van der Waals surface area contributed by atoms with Crippen molar-refractivity contribution in [2.24, 2.45) is 0 Å². The summed E-state index contributed by atoms with van der Waals surface area (Å²) in [7, 11) is 0. The highest BCUT2D eigenvalue weighted by atomic mass is 16.3. The van der Waals surface area contributed by atoms with E-state index >= 15 is 0 Å². The number of anilines is 2. The molecular formula is C16H10N6O. The molecule has 4 rings (SSSR count). The second-order valence-corrected chi connectivity index (χ2v) is 5.03. The number of hydrogen-bond acceptors (Lipinski definition) is 6. The van der Waals surface area contributed by atoms with E-state index in [4.69, 9.17) is 0 Å². The third kappa shape index (κ3) is 2.18. The summed E-state index contributed by atoms with van der Waals surface area (Å²) >= 11 is 0. The van der Waals surface area contributed by atoms with Crippen LogP contribution in [0.2, 0.25) is 0 Å². The molecule has 110 valence electrons. The van der Waals surface area contributed by atoms with Crippen molar-refractivity contribution in [3.05, 3.63) is 48.2 Å². The molecule has 0 unspecified atom stereocenters. The second kappa shape index (κ2) is 4.96. The fourth-order valence-electron chi connectivity index (χ4n) is 2.47. The fraction of sp³-hybridized carbons (Fsp3) is 0. The SMILES string of the molecule is N#Cc1cnc2cc(O)ccc2c1Nc1ccc2nn[nH]c2c1. The maximum Gasteiger partial charge on any atom is 0.117 e. The van der Waals surface area contributed by atoms with Crippen molar-refractivity contribution in [1.82, 2.24) is 20.4 Å². The molecule has 2 heterocycles. The van der Waals surface area contributed by atoms with Crippen molar-refractivity contribution < 1.29 is 5.11 Å². The number of nitriles is 1. The Labute approximate surface area is 130 Å². The predicted molar refractivity (Wildman–Crippen MR) is 85.3 cm³/mol. The Hall–Kier alpha value is -3.66. The molecule has 0 saturated carbocycles. The molecule has 0 radical (unpaired) electrons. The van der Waals surface area contributed by atoms with Crippen LogP contribution in [-0.2, 0) is 0 Å². The molecule has 0 fully saturated rings. The first-order valence-electron chi connectivity index (χ1n) is 6.84. The summed E-state index contributed by atoms with van der Waals surface area (Å²) in [5.41, 5.74) is 4.02. The highest BCUT2D eigenvalue weighted by molar-refractivity contribution is 5.96. The van der Waals surface area contributed by atoms with E-state index in [2.05, 4.69) is 31.8 Å². The predicted octanol–water partition coefficient (Wildman–Crippen LogP) is 2.83. The molecule has 7 heteroatoms. The minimum absolute atomic E-state index is 0.130. The van der Waals surface area contributed by atoms with Gasteiger partial charge in [0.2, 0.25) is 0 Å². The first kappa shape index (κ1) is 13.0. The van der Waals surface area contributed by atoms with Gasteiger partial charge in [-0.25, -0.2) is 0 Å². The molecule has 2 aromatic heterocycles. The van der Waals surface area contributed by atoms with E-state index < -0.39 is 0 Å². The van der Waals surface area contributed by atoms with Crippen LogP contribution < -0.4 is 5.32 Å². The lowest BCUT2D eigenvalue weighted by Gasteiger charge is -2.11. The molecule has 23 heavy (non-hydrogen) atoms. The van der Waals surface area contributed by atoms with Crippen molar-refractivity contribution in [3.63, 3.8) is 0 Å². The number of aromatic nitrogens is 4. The molecule has 0 bridgehead atoms. The van der Waals surface area contributed by atoms with E-state index in [0.717, 1.165) is 22.1 Å². The summed E-state index contributed by atoms with van der Waals surface area (Å²) in [6.07, 6.45) is 1.49. The Morgan fingerprint density at radius 3 is 2.91 bits per heavy atom. The lowest BCUT2D eigenvalue weighted by Crippen LogP contribution is -1.96. The topological polar surface area (TPSA) is 111 Å². The fourth-order valence-corrected chi connectivity index (χ4v) is 2.47. The van der Waals surface area contributed by atoms with Crippen LogP contribution in [0.4, 0.5) is 11.4 Å². The Morgan fingerprint density at radius 2 is 2.04 bits per heavy atom. The Balaban J connectivity index is 1.87. The van der Waals surface area contributed by atoms with E-state index in [9.17, 15) is 10.4 Å². The molecule has 2 aromatic carbocycles. The molecule has 0 aliphatic rings. The van der Waals surface area contributed by atoms with Crippen LogP contribution in [0, 0.1) is 11.3 Å². The zero-order chi connectivity index (χ0) is 15.8. The molecule has 3 N–H and O–H groups in total. The number of H-pyrrole nitrogens is 1. The number of benzene rings is 2. The first-order valence-corrected chi connectivity index (χ1v) is 6.84.